The molecule has 2 aliphatic rings. The van der Waals surface area contributed by atoms with Crippen LogP contribution in [-0.2, 0) is 6.42 Å². The lowest BCUT2D eigenvalue weighted by Crippen LogP contribution is -2.15. The summed E-state index contributed by atoms with van der Waals surface area (Å²) in [7, 11) is 0. The maximum absolute atomic E-state index is 6.19. The highest BCUT2D eigenvalue weighted by Gasteiger charge is 2.27. The fraction of sp³-hybridized carbons (Fsp3) is 0.0732. The summed E-state index contributed by atoms with van der Waals surface area (Å²) in [5.41, 5.74) is 8.50. The molecule has 0 spiro atoms. The highest BCUT2D eigenvalue weighted by molar-refractivity contribution is 5.86. The lowest BCUT2D eigenvalue weighted by atomic mass is 9.84. The average molecular weight is 612 g/mol. The number of aromatic nitrogens is 2. The standard InChI is InChI=1S/C41H29N3O3/c1-5-13-36-32(9-1)31(33-10-2-6-14-37(33)45-36)26-19-27-17-20-28(21-18-27)40-42-43-41(47-40)29-22-24-30(25-23-29)44-34-11-3-7-15-38(34)46-39-16-8-4-12-35(39)44/h1-18,20-25,31H,19,26H2. The molecule has 0 aliphatic carbocycles. The molecule has 0 unspecified atom stereocenters. The van der Waals surface area contributed by atoms with Crippen LogP contribution in [0.3, 0.4) is 0 Å². The quantitative estimate of drug-likeness (QED) is 0.186. The van der Waals surface area contributed by atoms with E-state index in [-0.39, 0.29) is 5.92 Å². The SMILES string of the molecule is c1ccc2c(c1)Oc1ccccc1C2CCc1ccc(-c2nnc(-c3ccc(N4c5ccccc5Oc5ccccc54)cc3)o2)cc1. The molecule has 0 saturated heterocycles. The molecule has 0 saturated carbocycles. The number of hydrogen-bond donors (Lipinski definition) is 0. The molecule has 9 rings (SSSR count). The maximum atomic E-state index is 6.19. The highest BCUT2D eigenvalue weighted by Crippen LogP contribution is 2.50. The lowest BCUT2D eigenvalue weighted by molar-refractivity contribution is 0.441. The van der Waals surface area contributed by atoms with Gasteiger partial charge in [0.1, 0.15) is 11.5 Å². The van der Waals surface area contributed by atoms with Crippen LogP contribution in [0.4, 0.5) is 17.1 Å². The topological polar surface area (TPSA) is 60.6 Å². The smallest absolute Gasteiger partial charge is 0.248 e. The van der Waals surface area contributed by atoms with E-state index in [2.05, 4.69) is 100 Å². The van der Waals surface area contributed by atoms with Crippen LogP contribution in [0.2, 0.25) is 0 Å². The van der Waals surface area contributed by atoms with Crippen LogP contribution in [0.15, 0.2) is 150 Å². The number of hydrogen-bond acceptors (Lipinski definition) is 6. The first-order valence-electron chi connectivity index (χ1n) is 15.8. The highest BCUT2D eigenvalue weighted by atomic mass is 16.5. The van der Waals surface area contributed by atoms with Gasteiger partial charge in [0, 0.05) is 33.9 Å². The number of fused-ring (bicyclic) bond motifs is 4. The van der Waals surface area contributed by atoms with E-state index >= 15 is 0 Å². The predicted octanol–water partition coefficient (Wildman–Crippen LogP) is 10.8. The number of para-hydroxylation sites is 6. The zero-order valence-electron chi connectivity index (χ0n) is 25.4. The molecule has 0 amide bonds. The molecular weight excluding hydrogens is 582 g/mol. The zero-order chi connectivity index (χ0) is 31.2. The van der Waals surface area contributed by atoms with Gasteiger partial charge in [0.05, 0.1) is 11.4 Å². The molecular formula is C41H29N3O3. The van der Waals surface area contributed by atoms with E-state index in [4.69, 9.17) is 13.9 Å². The molecule has 0 radical (unpaired) electrons. The van der Waals surface area contributed by atoms with Crippen molar-refractivity contribution in [3.05, 3.63) is 162 Å². The molecule has 6 heteroatoms. The molecule has 3 heterocycles. The van der Waals surface area contributed by atoms with E-state index in [1.54, 1.807) is 0 Å². The Morgan fingerprint density at radius 1 is 0.489 bits per heavy atom. The minimum atomic E-state index is 0.286. The second kappa shape index (κ2) is 11.3. The third kappa shape index (κ3) is 4.91. The van der Waals surface area contributed by atoms with Gasteiger partial charge >= 0.3 is 0 Å². The summed E-state index contributed by atoms with van der Waals surface area (Å²) in [6, 6.07) is 49.5. The third-order valence-electron chi connectivity index (χ3n) is 8.96. The summed E-state index contributed by atoms with van der Waals surface area (Å²) < 4.78 is 18.5. The molecule has 0 atom stereocenters. The van der Waals surface area contributed by atoms with E-state index < -0.39 is 0 Å². The molecule has 1 aromatic heterocycles. The Kier molecular flexibility index (Phi) is 6.56. The van der Waals surface area contributed by atoms with Crippen molar-refractivity contribution in [2.75, 3.05) is 4.90 Å². The number of benzene rings is 6. The Hall–Kier alpha value is -6.14. The Labute approximate surface area is 272 Å². The Bertz CT molecular complexity index is 2130. The van der Waals surface area contributed by atoms with Gasteiger partial charge in [0.15, 0.2) is 11.5 Å². The normalized spacial score (nSPS) is 13.1. The van der Waals surface area contributed by atoms with E-state index in [0.717, 1.165) is 64.0 Å². The van der Waals surface area contributed by atoms with Crippen LogP contribution < -0.4 is 14.4 Å². The summed E-state index contributed by atoms with van der Waals surface area (Å²) in [6.07, 6.45) is 1.92. The molecule has 2 aliphatic heterocycles. The third-order valence-corrected chi connectivity index (χ3v) is 8.96. The van der Waals surface area contributed by atoms with Crippen molar-refractivity contribution in [2.24, 2.45) is 0 Å². The van der Waals surface area contributed by atoms with E-state index in [1.807, 2.05) is 60.7 Å². The molecule has 47 heavy (non-hydrogen) atoms. The van der Waals surface area contributed by atoms with Crippen LogP contribution in [0.5, 0.6) is 23.0 Å². The number of aryl methyl sites for hydroxylation is 1. The van der Waals surface area contributed by atoms with E-state index in [1.165, 1.54) is 16.7 Å². The number of anilines is 3. The van der Waals surface area contributed by atoms with Crippen LogP contribution in [0, 0.1) is 0 Å². The van der Waals surface area contributed by atoms with Gasteiger partial charge in [-0.3, -0.25) is 0 Å². The summed E-state index contributed by atoms with van der Waals surface area (Å²) >= 11 is 0. The summed E-state index contributed by atoms with van der Waals surface area (Å²) in [5.74, 6) is 4.81. The van der Waals surface area contributed by atoms with E-state index in [0.29, 0.717) is 11.8 Å². The van der Waals surface area contributed by atoms with Gasteiger partial charge < -0.3 is 18.8 Å². The number of nitrogens with zero attached hydrogens (tertiary/aromatic N) is 3. The fourth-order valence-corrected chi connectivity index (χ4v) is 6.64. The molecule has 6 aromatic carbocycles. The summed E-state index contributed by atoms with van der Waals surface area (Å²) in [4.78, 5) is 2.21. The second-order valence-electron chi connectivity index (χ2n) is 11.8. The minimum absolute atomic E-state index is 0.286. The van der Waals surface area contributed by atoms with Gasteiger partial charge in [-0.1, -0.05) is 72.8 Å². The summed E-state index contributed by atoms with van der Waals surface area (Å²) in [6.45, 7) is 0. The lowest BCUT2D eigenvalue weighted by Gasteiger charge is -2.32. The molecule has 7 aromatic rings. The first kappa shape index (κ1) is 27.2. The van der Waals surface area contributed by atoms with Crippen molar-refractivity contribution >= 4 is 17.1 Å². The summed E-state index contributed by atoms with van der Waals surface area (Å²) in [5, 5.41) is 8.75. The number of ether oxygens (including phenoxy) is 2. The van der Waals surface area contributed by atoms with Gasteiger partial charge in [0.2, 0.25) is 11.8 Å². The first-order chi connectivity index (χ1) is 23.3. The second-order valence-corrected chi connectivity index (χ2v) is 11.8. The van der Waals surface area contributed by atoms with Crippen molar-refractivity contribution in [2.45, 2.75) is 18.8 Å². The number of rotatable bonds is 6. The van der Waals surface area contributed by atoms with Crippen LogP contribution in [-0.4, -0.2) is 10.2 Å². The average Bonchev–Trinajstić information content (AvgIpc) is 3.63. The van der Waals surface area contributed by atoms with Crippen molar-refractivity contribution in [3.8, 4) is 45.9 Å². The molecule has 0 fully saturated rings. The van der Waals surface area contributed by atoms with Crippen molar-refractivity contribution < 1.29 is 13.9 Å². The van der Waals surface area contributed by atoms with Gasteiger partial charge in [-0.25, -0.2) is 0 Å². The Morgan fingerprint density at radius 3 is 1.53 bits per heavy atom. The molecule has 0 N–H and O–H groups in total. The Morgan fingerprint density at radius 2 is 0.957 bits per heavy atom. The largest absolute Gasteiger partial charge is 0.457 e. The monoisotopic (exact) mass is 611 g/mol. The molecule has 226 valence electrons. The van der Waals surface area contributed by atoms with Crippen molar-refractivity contribution in [1.82, 2.24) is 10.2 Å². The predicted molar refractivity (Wildman–Crippen MR) is 183 cm³/mol. The van der Waals surface area contributed by atoms with Crippen molar-refractivity contribution in [3.63, 3.8) is 0 Å². The van der Waals surface area contributed by atoms with Gasteiger partial charge in [-0.2, -0.15) is 0 Å². The van der Waals surface area contributed by atoms with Gasteiger partial charge in [0.25, 0.3) is 0 Å². The maximum Gasteiger partial charge on any atom is 0.248 e. The van der Waals surface area contributed by atoms with Crippen LogP contribution in [0.25, 0.3) is 22.9 Å². The fourth-order valence-electron chi connectivity index (χ4n) is 6.64. The zero-order valence-corrected chi connectivity index (χ0v) is 25.4. The molecule has 0 bridgehead atoms. The molecule has 6 nitrogen and oxygen atoms in total. The van der Waals surface area contributed by atoms with Crippen LogP contribution >= 0.6 is 0 Å². The van der Waals surface area contributed by atoms with Gasteiger partial charge in [-0.15, -0.1) is 10.2 Å². The van der Waals surface area contributed by atoms with Crippen LogP contribution in [0.1, 0.15) is 29.0 Å². The first-order valence-corrected chi connectivity index (χ1v) is 15.8. The minimum Gasteiger partial charge on any atom is -0.457 e. The van der Waals surface area contributed by atoms with E-state index in [9.17, 15) is 0 Å². The van der Waals surface area contributed by atoms with Crippen molar-refractivity contribution in [1.29, 1.82) is 0 Å². The Balaban J connectivity index is 0.920. The van der Waals surface area contributed by atoms with Gasteiger partial charge in [-0.05, 0) is 91.2 Å².